The molecule has 0 unspecified atom stereocenters. The molecule has 13 aromatic rings. The first kappa shape index (κ1) is 35.0. The molecule has 62 heavy (non-hydrogen) atoms. The summed E-state index contributed by atoms with van der Waals surface area (Å²) >= 11 is 0. The van der Waals surface area contributed by atoms with Crippen molar-refractivity contribution in [3.8, 4) is 0 Å². The summed E-state index contributed by atoms with van der Waals surface area (Å²) in [5.41, 5.74) is 19.3. The Balaban J connectivity index is 1.08. The number of hydrogen-bond acceptors (Lipinski definition) is 2. The van der Waals surface area contributed by atoms with E-state index >= 15 is 0 Å². The number of rotatable bonds is 6. The van der Waals surface area contributed by atoms with Gasteiger partial charge in [0.25, 0.3) is 0 Å². The lowest BCUT2D eigenvalue weighted by atomic mass is 10.0. The second kappa shape index (κ2) is 12.8. The zero-order chi connectivity index (χ0) is 41.4. The molecular formula is C58H42N4. The number of benzene rings is 9. The quantitative estimate of drug-likeness (QED) is 0.167. The summed E-state index contributed by atoms with van der Waals surface area (Å²) in [5.74, 6) is 0. The molecular weight excluding hydrogens is 753 g/mol. The summed E-state index contributed by atoms with van der Waals surface area (Å²) in [6.07, 6.45) is 0. The molecule has 0 radical (unpaired) electrons. The van der Waals surface area contributed by atoms with Gasteiger partial charge in [-0.05, 0) is 135 Å². The standard InChI is InChI=1S/C58H42N4/c1-35-25-36(2)28-43(27-35)59(39-13-7-5-8-14-39)41-21-23-45-47-17-11-19-49-51-34-56-52(33-55(51)61(57(47)49)53(45)31-41)50-20-12-18-48-46-24-22-42(32-54(46)62(56)58(48)50)60(40-15-9-6-10-16-40)44-29-37(3)26-38(4)30-44/h5-34H,1-4H3. The molecule has 4 heteroatoms. The molecule has 9 aromatic carbocycles. The van der Waals surface area contributed by atoms with Crippen molar-refractivity contribution in [2.24, 2.45) is 0 Å². The zero-order valence-corrected chi connectivity index (χ0v) is 35.1. The molecule has 294 valence electrons. The highest BCUT2D eigenvalue weighted by Gasteiger charge is 2.24. The van der Waals surface area contributed by atoms with Crippen LogP contribution in [-0.4, -0.2) is 8.80 Å². The van der Waals surface area contributed by atoms with Crippen molar-refractivity contribution in [2.45, 2.75) is 27.7 Å². The minimum atomic E-state index is 1.14. The molecule has 0 fully saturated rings. The fourth-order valence-electron chi connectivity index (χ4n) is 10.9. The maximum Gasteiger partial charge on any atom is 0.0620 e. The fourth-order valence-corrected chi connectivity index (χ4v) is 10.9. The van der Waals surface area contributed by atoms with Crippen LogP contribution in [0.4, 0.5) is 34.1 Å². The molecule has 0 N–H and O–H groups in total. The minimum Gasteiger partial charge on any atom is -0.310 e. The molecule has 0 atom stereocenters. The highest BCUT2D eigenvalue weighted by Crippen LogP contribution is 2.47. The Morgan fingerprint density at radius 3 is 1.00 bits per heavy atom. The predicted molar refractivity (Wildman–Crippen MR) is 264 cm³/mol. The van der Waals surface area contributed by atoms with E-state index in [1.807, 2.05) is 0 Å². The van der Waals surface area contributed by atoms with Gasteiger partial charge in [-0.25, -0.2) is 0 Å². The van der Waals surface area contributed by atoms with Crippen molar-refractivity contribution >= 4 is 110 Å². The van der Waals surface area contributed by atoms with Crippen LogP contribution in [-0.2, 0) is 0 Å². The van der Waals surface area contributed by atoms with Crippen molar-refractivity contribution < 1.29 is 0 Å². The normalized spacial score (nSPS) is 12.2. The molecule has 0 aliphatic carbocycles. The summed E-state index contributed by atoms with van der Waals surface area (Å²) in [4.78, 5) is 4.80. The van der Waals surface area contributed by atoms with E-state index in [0.717, 1.165) is 34.1 Å². The second-order valence-corrected chi connectivity index (χ2v) is 17.4. The van der Waals surface area contributed by atoms with Gasteiger partial charge in [-0.15, -0.1) is 0 Å². The molecule has 0 bridgehead atoms. The van der Waals surface area contributed by atoms with Gasteiger partial charge in [0.1, 0.15) is 0 Å². The highest BCUT2D eigenvalue weighted by atomic mass is 15.1. The third-order valence-electron chi connectivity index (χ3n) is 13.2. The van der Waals surface area contributed by atoms with Crippen molar-refractivity contribution in [1.82, 2.24) is 8.80 Å². The van der Waals surface area contributed by atoms with Crippen LogP contribution >= 0.6 is 0 Å². The monoisotopic (exact) mass is 794 g/mol. The van der Waals surface area contributed by atoms with Gasteiger partial charge in [0.05, 0.1) is 33.1 Å². The van der Waals surface area contributed by atoms with Crippen LogP contribution in [0.15, 0.2) is 182 Å². The lowest BCUT2D eigenvalue weighted by Crippen LogP contribution is -2.10. The first-order valence-corrected chi connectivity index (χ1v) is 21.6. The number of hydrogen-bond donors (Lipinski definition) is 0. The summed E-state index contributed by atoms with van der Waals surface area (Å²) in [7, 11) is 0. The van der Waals surface area contributed by atoms with E-state index in [-0.39, 0.29) is 0 Å². The van der Waals surface area contributed by atoms with Gasteiger partial charge in [-0.3, -0.25) is 0 Å². The SMILES string of the molecule is Cc1cc(C)cc(N(c2ccccc2)c2ccc3c4cccc5c6cc7c(cc6n(c3c2)c45)c2cccc3c4ccc(N(c5ccccc5)c5cc(C)cc(C)c5)cc4n7c32)c1. The van der Waals surface area contributed by atoms with Crippen LogP contribution in [0.25, 0.3) is 76.2 Å². The van der Waals surface area contributed by atoms with E-state index < -0.39 is 0 Å². The Morgan fingerprint density at radius 1 is 0.258 bits per heavy atom. The molecule has 4 aromatic heterocycles. The average molecular weight is 795 g/mol. The van der Waals surface area contributed by atoms with Gasteiger partial charge in [0.2, 0.25) is 0 Å². The third-order valence-corrected chi connectivity index (χ3v) is 13.2. The Hall–Kier alpha value is -7.82. The number of fused-ring (bicyclic) bond motifs is 12. The van der Waals surface area contributed by atoms with Gasteiger partial charge in [0.15, 0.2) is 0 Å². The first-order chi connectivity index (χ1) is 30.4. The Bertz CT molecular complexity index is 3610. The molecule has 4 nitrogen and oxygen atoms in total. The third kappa shape index (κ3) is 4.95. The topological polar surface area (TPSA) is 15.3 Å². The summed E-state index contributed by atoms with van der Waals surface area (Å²) in [6.45, 7) is 8.74. The molecule has 13 rings (SSSR count). The lowest BCUT2D eigenvalue weighted by molar-refractivity contribution is 1.25. The number of anilines is 6. The molecule has 0 saturated heterocycles. The van der Waals surface area contributed by atoms with Gasteiger partial charge in [-0.1, -0.05) is 97.1 Å². The zero-order valence-electron chi connectivity index (χ0n) is 35.1. The molecule has 0 aliphatic heterocycles. The molecule has 0 saturated carbocycles. The van der Waals surface area contributed by atoms with Crippen molar-refractivity contribution in [2.75, 3.05) is 9.80 Å². The highest BCUT2D eigenvalue weighted by molar-refractivity contribution is 6.29. The number of aryl methyl sites for hydroxylation is 4. The van der Waals surface area contributed by atoms with Crippen LogP contribution in [0.2, 0.25) is 0 Å². The summed E-state index contributed by atoms with van der Waals surface area (Å²) in [5, 5.41) is 10.2. The van der Waals surface area contributed by atoms with Crippen molar-refractivity contribution in [1.29, 1.82) is 0 Å². The predicted octanol–water partition coefficient (Wildman–Crippen LogP) is 16.2. The van der Waals surface area contributed by atoms with Crippen LogP contribution < -0.4 is 9.80 Å². The van der Waals surface area contributed by atoms with E-state index in [1.165, 1.54) is 98.4 Å². The van der Waals surface area contributed by atoms with Gasteiger partial charge in [0, 0.05) is 77.2 Å². The van der Waals surface area contributed by atoms with Crippen molar-refractivity contribution in [3.05, 3.63) is 204 Å². The van der Waals surface area contributed by atoms with Gasteiger partial charge in [-0.2, -0.15) is 0 Å². The fraction of sp³-hybridized carbons (Fsp3) is 0.0690. The molecule has 0 aliphatic rings. The molecule has 0 amide bonds. The van der Waals surface area contributed by atoms with Crippen LogP contribution in [0.5, 0.6) is 0 Å². The lowest BCUT2D eigenvalue weighted by Gasteiger charge is -2.26. The van der Waals surface area contributed by atoms with E-state index in [1.54, 1.807) is 0 Å². The van der Waals surface area contributed by atoms with E-state index in [2.05, 4.69) is 228 Å². The second-order valence-electron chi connectivity index (χ2n) is 17.4. The van der Waals surface area contributed by atoms with E-state index in [4.69, 9.17) is 0 Å². The van der Waals surface area contributed by atoms with E-state index in [9.17, 15) is 0 Å². The molecule has 4 heterocycles. The number of nitrogens with zero attached hydrogens (tertiary/aromatic N) is 4. The maximum atomic E-state index is 2.54. The van der Waals surface area contributed by atoms with E-state index in [0.29, 0.717) is 0 Å². The number of para-hydroxylation sites is 4. The summed E-state index contributed by atoms with van der Waals surface area (Å²) in [6, 6.07) is 67.9. The Labute approximate surface area is 359 Å². The Morgan fingerprint density at radius 2 is 0.613 bits per heavy atom. The van der Waals surface area contributed by atoms with Crippen LogP contribution in [0.3, 0.4) is 0 Å². The number of aromatic nitrogens is 2. The van der Waals surface area contributed by atoms with Gasteiger partial charge < -0.3 is 18.6 Å². The summed E-state index contributed by atoms with van der Waals surface area (Å²) < 4.78 is 5.07. The first-order valence-electron chi connectivity index (χ1n) is 21.6. The Kier molecular flexibility index (Phi) is 7.25. The van der Waals surface area contributed by atoms with Crippen LogP contribution in [0.1, 0.15) is 22.3 Å². The maximum absolute atomic E-state index is 2.54. The van der Waals surface area contributed by atoms with Gasteiger partial charge >= 0.3 is 0 Å². The molecule has 0 spiro atoms. The smallest absolute Gasteiger partial charge is 0.0620 e. The average Bonchev–Trinajstić information content (AvgIpc) is 3.99. The van der Waals surface area contributed by atoms with Crippen molar-refractivity contribution in [3.63, 3.8) is 0 Å². The minimum absolute atomic E-state index is 1.14. The largest absolute Gasteiger partial charge is 0.310 e. The van der Waals surface area contributed by atoms with Crippen LogP contribution in [0, 0.1) is 27.7 Å².